The third-order valence-electron chi connectivity index (χ3n) is 3.07. The van der Waals surface area contributed by atoms with Gasteiger partial charge in [0.2, 0.25) is 0 Å². The van der Waals surface area contributed by atoms with Crippen molar-refractivity contribution in [2.75, 3.05) is 0 Å². The van der Waals surface area contributed by atoms with Crippen LogP contribution in [0.3, 0.4) is 0 Å². The van der Waals surface area contributed by atoms with E-state index in [0.29, 0.717) is 0 Å². The Hall–Kier alpha value is -2.04. The van der Waals surface area contributed by atoms with Gasteiger partial charge >= 0.3 is 0 Å². The molecule has 1 aromatic heterocycles. The number of aromatic nitrogens is 2. The summed E-state index contributed by atoms with van der Waals surface area (Å²) in [6, 6.07) is 18.5. The van der Waals surface area contributed by atoms with E-state index in [-0.39, 0.29) is 6.04 Å². The average molecular weight is 281 g/mol. The molecule has 1 atom stereocenters. The van der Waals surface area contributed by atoms with Crippen LogP contribution < -0.4 is 5.73 Å². The molecular weight excluding hydrogens is 266 g/mol. The van der Waals surface area contributed by atoms with Gasteiger partial charge in [0.15, 0.2) is 0 Å². The van der Waals surface area contributed by atoms with Crippen LogP contribution in [0.15, 0.2) is 54.6 Å². The number of nitrogens with zero attached hydrogens (tertiary/aromatic N) is 2. The highest BCUT2D eigenvalue weighted by Crippen LogP contribution is 2.34. The van der Waals surface area contributed by atoms with Crippen LogP contribution in [-0.2, 0) is 0 Å². The number of benzene rings is 2. The fourth-order valence-electron chi connectivity index (χ4n) is 2.07. The zero-order chi connectivity index (χ0) is 13.9. The van der Waals surface area contributed by atoms with Gasteiger partial charge in [-0.1, -0.05) is 65.9 Å². The fourth-order valence-corrected chi connectivity index (χ4v) is 2.90. The Morgan fingerprint density at radius 1 is 0.900 bits per heavy atom. The van der Waals surface area contributed by atoms with Gasteiger partial charge in [-0.3, -0.25) is 0 Å². The van der Waals surface area contributed by atoms with Crippen LogP contribution in [0.2, 0.25) is 0 Å². The highest BCUT2D eigenvalue weighted by atomic mass is 32.1. The average Bonchev–Trinajstić information content (AvgIpc) is 2.98. The van der Waals surface area contributed by atoms with E-state index in [1.54, 1.807) is 11.3 Å². The highest BCUT2D eigenvalue weighted by molar-refractivity contribution is 7.14. The molecule has 1 heterocycles. The molecular formula is C16H15N3S. The largest absolute Gasteiger partial charge is 0.322 e. The summed E-state index contributed by atoms with van der Waals surface area (Å²) >= 11 is 1.56. The van der Waals surface area contributed by atoms with Gasteiger partial charge in [-0.15, -0.1) is 10.2 Å². The van der Waals surface area contributed by atoms with Crippen molar-refractivity contribution >= 4 is 11.3 Å². The van der Waals surface area contributed by atoms with E-state index >= 15 is 0 Å². The van der Waals surface area contributed by atoms with Gasteiger partial charge in [0.25, 0.3) is 0 Å². The summed E-state index contributed by atoms with van der Waals surface area (Å²) < 4.78 is 0. The Morgan fingerprint density at radius 2 is 1.55 bits per heavy atom. The molecule has 0 bridgehead atoms. The first-order valence-electron chi connectivity index (χ1n) is 6.49. The number of nitrogens with two attached hydrogens (primary N) is 1. The molecule has 20 heavy (non-hydrogen) atoms. The summed E-state index contributed by atoms with van der Waals surface area (Å²) in [7, 11) is 0. The second-order valence-corrected chi connectivity index (χ2v) is 5.65. The van der Waals surface area contributed by atoms with Crippen LogP contribution >= 0.6 is 11.3 Å². The van der Waals surface area contributed by atoms with Crippen LogP contribution in [-0.4, -0.2) is 10.2 Å². The summed E-state index contributed by atoms with van der Waals surface area (Å²) in [6.07, 6.45) is 0. The molecule has 2 aromatic carbocycles. The van der Waals surface area contributed by atoms with Crippen molar-refractivity contribution in [2.24, 2.45) is 5.73 Å². The molecule has 3 rings (SSSR count). The quantitative estimate of drug-likeness (QED) is 0.792. The lowest BCUT2D eigenvalue weighted by atomic mass is 10.0. The minimum atomic E-state index is -0.0786. The molecule has 0 aliphatic rings. The predicted molar refractivity (Wildman–Crippen MR) is 83.4 cm³/mol. The normalized spacial score (nSPS) is 12.3. The molecule has 1 unspecified atom stereocenters. The summed E-state index contributed by atoms with van der Waals surface area (Å²) in [5.41, 5.74) is 9.31. The SMILES string of the molecule is CC(N)c1nnc(-c2ccccc2-c2ccccc2)s1. The summed E-state index contributed by atoms with van der Waals surface area (Å²) in [5, 5.41) is 10.2. The summed E-state index contributed by atoms with van der Waals surface area (Å²) in [5.74, 6) is 0. The van der Waals surface area contributed by atoms with Crippen molar-refractivity contribution in [3.8, 4) is 21.7 Å². The van der Waals surface area contributed by atoms with E-state index in [1.165, 1.54) is 11.1 Å². The fraction of sp³-hybridized carbons (Fsp3) is 0.125. The van der Waals surface area contributed by atoms with Crippen LogP contribution in [0.1, 0.15) is 18.0 Å². The van der Waals surface area contributed by atoms with E-state index < -0.39 is 0 Å². The third kappa shape index (κ3) is 2.48. The Bertz CT molecular complexity index is 705. The second-order valence-electron chi connectivity index (χ2n) is 4.65. The monoisotopic (exact) mass is 281 g/mol. The highest BCUT2D eigenvalue weighted by Gasteiger charge is 2.13. The number of hydrogen-bond acceptors (Lipinski definition) is 4. The maximum Gasteiger partial charge on any atom is 0.148 e. The van der Waals surface area contributed by atoms with Gasteiger partial charge in [-0.25, -0.2) is 0 Å². The van der Waals surface area contributed by atoms with Gasteiger partial charge in [-0.2, -0.15) is 0 Å². The van der Waals surface area contributed by atoms with Gasteiger partial charge < -0.3 is 5.73 Å². The van der Waals surface area contributed by atoms with Crippen molar-refractivity contribution in [1.29, 1.82) is 0 Å². The van der Waals surface area contributed by atoms with Crippen molar-refractivity contribution in [2.45, 2.75) is 13.0 Å². The van der Waals surface area contributed by atoms with E-state index in [1.807, 2.05) is 37.3 Å². The lowest BCUT2D eigenvalue weighted by Crippen LogP contribution is -2.03. The molecule has 2 N–H and O–H groups in total. The molecule has 100 valence electrons. The topological polar surface area (TPSA) is 51.8 Å². The molecule has 0 amide bonds. The van der Waals surface area contributed by atoms with Gasteiger partial charge in [0, 0.05) is 5.56 Å². The Balaban J connectivity index is 2.10. The van der Waals surface area contributed by atoms with Gasteiger partial charge in [0.1, 0.15) is 10.0 Å². The van der Waals surface area contributed by atoms with Crippen molar-refractivity contribution < 1.29 is 0 Å². The molecule has 0 spiro atoms. The zero-order valence-corrected chi connectivity index (χ0v) is 12.0. The maximum atomic E-state index is 5.86. The summed E-state index contributed by atoms with van der Waals surface area (Å²) in [6.45, 7) is 1.92. The van der Waals surface area contributed by atoms with E-state index in [0.717, 1.165) is 15.6 Å². The van der Waals surface area contributed by atoms with Crippen LogP contribution in [0.25, 0.3) is 21.7 Å². The Morgan fingerprint density at radius 3 is 2.20 bits per heavy atom. The standard InChI is InChI=1S/C16H15N3S/c1-11(17)15-18-19-16(20-15)14-10-6-5-9-13(14)12-7-3-2-4-8-12/h2-11H,17H2,1H3. The Kier molecular flexibility index (Phi) is 3.58. The maximum absolute atomic E-state index is 5.86. The van der Waals surface area contributed by atoms with Crippen LogP contribution in [0.5, 0.6) is 0 Å². The third-order valence-corrected chi connectivity index (χ3v) is 4.23. The van der Waals surface area contributed by atoms with E-state index in [4.69, 9.17) is 5.73 Å². The Labute approximate surface area is 122 Å². The zero-order valence-electron chi connectivity index (χ0n) is 11.2. The van der Waals surface area contributed by atoms with Crippen molar-refractivity contribution in [3.63, 3.8) is 0 Å². The molecule has 0 fully saturated rings. The van der Waals surface area contributed by atoms with E-state index in [9.17, 15) is 0 Å². The predicted octanol–water partition coefficient (Wildman–Crippen LogP) is 3.89. The van der Waals surface area contributed by atoms with Gasteiger partial charge in [0.05, 0.1) is 6.04 Å². The summed E-state index contributed by atoms with van der Waals surface area (Å²) in [4.78, 5) is 0. The lowest BCUT2D eigenvalue weighted by molar-refractivity contribution is 0.786. The molecule has 0 saturated carbocycles. The molecule has 0 saturated heterocycles. The first-order chi connectivity index (χ1) is 9.75. The minimum Gasteiger partial charge on any atom is -0.322 e. The van der Waals surface area contributed by atoms with Crippen molar-refractivity contribution in [3.05, 3.63) is 59.6 Å². The first-order valence-corrected chi connectivity index (χ1v) is 7.31. The number of hydrogen-bond donors (Lipinski definition) is 1. The first kappa shape index (κ1) is 13.0. The smallest absolute Gasteiger partial charge is 0.148 e. The second kappa shape index (κ2) is 5.53. The molecule has 3 nitrogen and oxygen atoms in total. The molecule has 4 heteroatoms. The number of rotatable bonds is 3. The molecule has 0 aliphatic heterocycles. The minimum absolute atomic E-state index is 0.0786. The van der Waals surface area contributed by atoms with E-state index in [2.05, 4.69) is 34.5 Å². The molecule has 3 aromatic rings. The van der Waals surface area contributed by atoms with Crippen LogP contribution in [0.4, 0.5) is 0 Å². The van der Waals surface area contributed by atoms with Crippen molar-refractivity contribution in [1.82, 2.24) is 10.2 Å². The molecule has 0 aliphatic carbocycles. The molecule has 0 radical (unpaired) electrons. The van der Waals surface area contributed by atoms with Gasteiger partial charge in [-0.05, 0) is 18.1 Å². The van der Waals surface area contributed by atoms with Crippen LogP contribution in [0, 0.1) is 0 Å². The lowest BCUT2D eigenvalue weighted by Gasteiger charge is -2.06.